The highest BCUT2D eigenvalue weighted by Gasteiger charge is 2.00. The number of carbonyl (C=O) groups excluding carboxylic acids is 1. The lowest BCUT2D eigenvalue weighted by Gasteiger charge is -2.03. The van der Waals surface area contributed by atoms with E-state index < -0.39 is 0 Å². The van der Waals surface area contributed by atoms with E-state index in [0.717, 1.165) is 19.3 Å². The molecular formula is C16H24O2. The van der Waals surface area contributed by atoms with E-state index in [-0.39, 0.29) is 5.97 Å². The molecule has 0 atom stereocenters. The Balaban J connectivity index is 2.04. The van der Waals surface area contributed by atoms with E-state index in [1.54, 1.807) is 0 Å². The predicted octanol–water partition coefficient (Wildman–Crippen LogP) is 4.05. The van der Waals surface area contributed by atoms with Crippen LogP contribution in [0.1, 0.15) is 50.2 Å². The van der Waals surface area contributed by atoms with Gasteiger partial charge in [-0.05, 0) is 38.7 Å². The van der Waals surface area contributed by atoms with Crippen molar-refractivity contribution >= 4 is 5.97 Å². The summed E-state index contributed by atoms with van der Waals surface area (Å²) < 4.78 is 4.89. The Labute approximate surface area is 110 Å². The van der Waals surface area contributed by atoms with Gasteiger partial charge in [0, 0.05) is 6.42 Å². The van der Waals surface area contributed by atoms with Crippen LogP contribution in [0.5, 0.6) is 0 Å². The van der Waals surface area contributed by atoms with Crippen molar-refractivity contribution in [3.63, 3.8) is 0 Å². The fourth-order valence-electron chi connectivity index (χ4n) is 2.05. The number of hydrogen-bond acceptors (Lipinski definition) is 2. The minimum absolute atomic E-state index is 0.0591. The number of aryl methyl sites for hydroxylation is 2. The van der Waals surface area contributed by atoms with Gasteiger partial charge in [-0.25, -0.2) is 0 Å². The number of benzene rings is 1. The summed E-state index contributed by atoms with van der Waals surface area (Å²) in [4.78, 5) is 11.1. The normalized spacial score (nSPS) is 10.3. The molecule has 0 fully saturated rings. The molecule has 0 spiro atoms. The molecule has 0 unspecified atom stereocenters. The van der Waals surface area contributed by atoms with Gasteiger partial charge in [0.1, 0.15) is 0 Å². The molecule has 0 aliphatic heterocycles. The number of rotatable bonds is 8. The largest absolute Gasteiger partial charge is 0.466 e. The second kappa shape index (κ2) is 8.73. The van der Waals surface area contributed by atoms with E-state index in [2.05, 4.69) is 31.2 Å². The first-order chi connectivity index (χ1) is 8.72. The Kier molecular flexibility index (Phi) is 7.16. The van der Waals surface area contributed by atoms with Crippen LogP contribution >= 0.6 is 0 Å². The van der Waals surface area contributed by atoms with Crippen molar-refractivity contribution < 1.29 is 9.53 Å². The topological polar surface area (TPSA) is 26.3 Å². The summed E-state index contributed by atoms with van der Waals surface area (Å²) in [6, 6.07) is 8.68. The lowest BCUT2D eigenvalue weighted by atomic mass is 10.0. The van der Waals surface area contributed by atoms with Gasteiger partial charge in [0.2, 0.25) is 0 Å². The molecule has 0 amide bonds. The average molecular weight is 248 g/mol. The zero-order valence-electron chi connectivity index (χ0n) is 11.6. The summed E-state index contributed by atoms with van der Waals surface area (Å²) in [7, 11) is 0. The summed E-state index contributed by atoms with van der Waals surface area (Å²) in [6.45, 7) is 4.47. The summed E-state index contributed by atoms with van der Waals surface area (Å²) in [5, 5.41) is 0. The molecule has 0 aliphatic carbocycles. The summed E-state index contributed by atoms with van der Waals surface area (Å²) in [5.41, 5.74) is 2.75. The first-order valence-electron chi connectivity index (χ1n) is 6.93. The summed E-state index contributed by atoms with van der Waals surface area (Å²) in [5.74, 6) is -0.0591. The molecule has 1 rings (SSSR count). The lowest BCUT2D eigenvalue weighted by Crippen LogP contribution is -2.03. The maximum absolute atomic E-state index is 11.1. The molecule has 0 saturated heterocycles. The van der Waals surface area contributed by atoms with E-state index in [1.165, 1.54) is 24.0 Å². The smallest absolute Gasteiger partial charge is 0.305 e. The lowest BCUT2D eigenvalue weighted by molar-refractivity contribution is -0.143. The summed E-state index contributed by atoms with van der Waals surface area (Å²) in [6.07, 6.45) is 6.16. The maximum atomic E-state index is 11.1. The minimum atomic E-state index is -0.0591. The van der Waals surface area contributed by atoms with Crippen molar-refractivity contribution in [2.45, 2.75) is 52.4 Å². The highest BCUT2D eigenvalue weighted by atomic mass is 16.5. The van der Waals surface area contributed by atoms with Crippen LogP contribution in [-0.2, 0) is 16.0 Å². The average Bonchev–Trinajstić information content (AvgIpc) is 2.34. The molecule has 2 heteroatoms. The predicted molar refractivity (Wildman–Crippen MR) is 74.6 cm³/mol. The number of ether oxygens (including phenoxy) is 1. The fraction of sp³-hybridized carbons (Fsp3) is 0.562. The molecule has 0 heterocycles. The molecule has 18 heavy (non-hydrogen) atoms. The quantitative estimate of drug-likeness (QED) is 0.512. The Morgan fingerprint density at radius 1 is 1.17 bits per heavy atom. The molecule has 1 aromatic carbocycles. The fourth-order valence-corrected chi connectivity index (χ4v) is 2.05. The molecule has 100 valence electrons. The second-order valence-corrected chi connectivity index (χ2v) is 4.71. The van der Waals surface area contributed by atoms with Gasteiger partial charge in [0.15, 0.2) is 0 Å². The van der Waals surface area contributed by atoms with Crippen molar-refractivity contribution in [3.05, 3.63) is 35.4 Å². The van der Waals surface area contributed by atoms with Crippen LogP contribution in [0.25, 0.3) is 0 Å². The van der Waals surface area contributed by atoms with Gasteiger partial charge in [-0.2, -0.15) is 0 Å². The third kappa shape index (κ3) is 6.43. The van der Waals surface area contributed by atoms with Gasteiger partial charge in [-0.15, -0.1) is 0 Å². The van der Waals surface area contributed by atoms with Gasteiger partial charge in [-0.3, -0.25) is 4.79 Å². The Bertz CT molecular complexity index is 358. The van der Waals surface area contributed by atoms with E-state index in [0.29, 0.717) is 13.0 Å². The Morgan fingerprint density at radius 3 is 2.67 bits per heavy atom. The van der Waals surface area contributed by atoms with E-state index in [4.69, 9.17) is 4.74 Å². The standard InChI is InChI=1S/C16H24O2/c1-3-18-16(17)12-7-5-4-6-10-15-11-8-9-14(2)13-15/h8-9,11,13H,3-7,10,12H2,1-2H3. The SMILES string of the molecule is CCOC(=O)CCCCCCc1cccc(C)c1. The third-order valence-electron chi connectivity index (χ3n) is 2.98. The van der Waals surface area contributed by atoms with Crippen molar-refractivity contribution in [3.8, 4) is 0 Å². The van der Waals surface area contributed by atoms with Gasteiger partial charge < -0.3 is 4.74 Å². The first kappa shape index (κ1) is 14.7. The molecule has 0 aliphatic rings. The molecular weight excluding hydrogens is 224 g/mol. The number of hydrogen-bond donors (Lipinski definition) is 0. The molecule has 2 nitrogen and oxygen atoms in total. The number of carbonyl (C=O) groups is 1. The zero-order valence-corrected chi connectivity index (χ0v) is 11.6. The highest BCUT2D eigenvalue weighted by molar-refractivity contribution is 5.69. The van der Waals surface area contributed by atoms with Crippen LogP contribution in [0.2, 0.25) is 0 Å². The van der Waals surface area contributed by atoms with Gasteiger partial charge >= 0.3 is 5.97 Å². The van der Waals surface area contributed by atoms with Gasteiger partial charge in [0.05, 0.1) is 6.61 Å². The van der Waals surface area contributed by atoms with Crippen LogP contribution in [-0.4, -0.2) is 12.6 Å². The molecule has 0 aromatic heterocycles. The maximum Gasteiger partial charge on any atom is 0.305 e. The molecule has 1 aromatic rings. The first-order valence-corrected chi connectivity index (χ1v) is 6.93. The van der Waals surface area contributed by atoms with Gasteiger partial charge in [0.25, 0.3) is 0 Å². The van der Waals surface area contributed by atoms with Crippen LogP contribution in [0, 0.1) is 6.92 Å². The van der Waals surface area contributed by atoms with E-state index >= 15 is 0 Å². The Morgan fingerprint density at radius 2 is 1.94 bits per heavy atom. The summed E-state index contributed by atoms with van der Waals surface area (Å²) >= 11 is 0. The second-order valence-electron chi connectivity index (χ2n) is 4.71. The van der Waals surface area contributed by atoms with Gasteiger partial charge in [-0.1, -0.05) is 42.7 Å². The van der Waals surface area contributed by atoms with Crippen molar-refractivity contribution in [1.82, 2.24) is 0 Å². The van der Waals surface area contributed by atoms with Crippen LogP contribution in [0.4, 0.5) is 0 Å². The van der Waals surface area contributed by atoms with Crippen LogP contribution < -0.4 is 0 Å². The minimum Gasteiger partial charge on any atom is -0.466 e. The Hall–Kier alpha value is -1.31. The number of unbranched alkanes of at least 4 members (excludes halogenated alkanes) is 3. The van der Waals surface area contributed by atoms with Crippen molar-refractivity contribution in [2.75, 3.05) is 6.61 Å². The van der Waals surface area contributed by atoms with Crippen molar-refractivity contribution in [1.29, 1.82) is 0 Å². The zero-order chi connectivity index (χ0) is 13.2. The van der Waals surface area contributed by atoms with E-state index in [9.17, 15) is 4.79 Å². The number of esters is 1. The van der Waals surface area contributed by atoms with Crippen LogP contribution in [0.3, 0.4) is 0 Å². The third-order valence-corrected chi connectivity index (χ3v) is 2.98. The molecule has 0 bridgehead atoms. The molecule has 0 N–H and O–H groups in total. The van der Waals surface area contributed by atoms with E-state index in [1.807, 2.05) is 6.92 Å². The monoisotopic (exact) mass is 248 g/mol. The van der Waals surface area contributed by atoms with Crippen LogP contribution in [0.15, 0.2) is 24.3 Å². The van der Waals surface area contributed by atoms with Crippen molar-refractivity contribution in [2.24, 2.45) is 0 Å². The molecule has 0 saturated carbocycles. The highest BCUT2D eigenvalue weighted by Crippen LogP contribution is 2.10. The molecule has 0 radical (unpaired) electrons.